The molecule has 0 aromatic heterocycles. The van der Waals surface area contributed by atoms with Crippen LogP contribution in [0.5, 0.6) is 0 Å². The van der Waals surface area contributed by atoms with Crippen LogP contribution < -0.4 is 5.32 Å². The highest BCUT2D eigenvalue weighted by Gasteiger charge is 2.32. The van der Waals surface area contributed by atoms with Gasteiger partial charge in [0.1, 0.15) is 6.54 Å². The van der Waals surface area contributed by atoms with Gasteiger partial charge >= 0.3 is 6.03 Å². The normalized spacial score (nSPS) is 16.1. The monoisotopic (exact) mass is 303 g/mol. The largest absolute Gasteiger partial charge is 0.350 e. The van der Waals surface area contributed by atoms with Crippen molar-refractivity contribution in [3.05, 3.63) is 35.9 Å². The fraction of sp³-hybridized carbons (Fsp3) is 0.438. The van der Waals surface area contributed by atoms with E-state index in [1.165, 1.54) is 9.80 Å². The van der Waals surface area contributed by atoms with Gasteiger partial charge in [-0.2, -0.15) is 0 Å². The molecule has 4 amide bonds. The Morgan fingerprint density at radius 2 is 1.95 bits per heavy atom. The summed E-state index contributed by atoms with van der Waals surface area (Å²) in [5, 5.41) is 2.92. The highest BCUT2D eigenvalue weighted by molar-refractivity contribution is 6.01. The van der Waals surface area contributed by atoms with E-state index in [4.69, 9.17) is 0 Å². The maximum atomic E-state index is 11.9. The van der Waals surface area contributed by atoms with Crippen molar-refractivity contribution in [2.75, 3.05) is 20.1 Å². The number of benzene rings is 1. The first-order chi connectivity index (χ1) is 10.5. The molecule has 1 unspecified atom stereocenters. The number of hydrogen-bond donors (Lipinski definition) is 1. The molecule has 1 aromatic rings. The molecule has 2 rings (SSSR count). The number of amides is 4. The molecule has 1 aliphatic heterocycles. The molecular weight excluding hydrogens is 282 g/mol. The van der Waals surface area contributed by atoms with E-state index in [1.807, 2.05) is 37.3 Å². The lowest BCUT2D eigenvalue weighted by molar-refractivity contribution is -0.126. The molecule has 0 radical (unpaired) electrons. The molecule has 6 nitrogen and oxygen atoms in total. The fourth-order valence-electron chi connectivity index (χ4n) is 2.43. The van der Waals surface area contributed by atoms with E-state index in [-0.39, 0.29) is 43.4 Å². The fourth-order valence-corrected chi connectivity index (χ4v) is 2.43. The Kier molecular flexibility index (Phi) is 5.14. The van der Waals surface area contributed by atoms with Crippen molar-refractivity contribution in [3.8, 4) is 0 Å². The first-order valence-corrected chi connectivity index (χ1v) is 7.39. The zero-order valence-corrected chi connectivity index (χ0v) is 12.9. The van der Waals surface area contributed by atoms with Gasteiger partial charge in [-0.25, -0.2) is 4.79 Å². The number of carbonyl (C=O) groups is 3. The summed E-state index contributed by atoms with van der Waals surface area (Å²) in [7, 11) is 1.59. The third kappa shape index (κ3) is 3.84. The first-order valence-electron chi connectivity index (χ1n) is 7.39. The molecule has 1 saturated heterocycles. The number of hydrogen-bond acceptors (Lipinski definition) is 3. The summed E-state index contributed by atoms with van der Waals surface area (Å²) >= 11 is 0. The van der Waals surface area contributed by atoms with Crippen molar-refractivity contribution in [1.29, 1.82) is 0 Å². The van der Waals surface area contributed by atoms with Crippen LogP contribution in [-0.4, -0.2) is 47.8 Å². The van der Waals surface area contributed by atoms with Crippen LogP contribution in [0.15, 0.2) is 30.3 Å². The number of rotatable bonds is 6. The minimum absolute atomic E-state index is 0.0603. The third-order valence-electron chi connectivity index (χ3n) is 3.69. The molecule has 0 spiro atoms. The van der Waals surface area contributed by atoms with Gasteiger partial charge in [-0.3, -0.25) is 14.5 Å². The topological polar surface area (TPSA) is 69.7 Å². The molecule has 0 saturated carbocycles. The van der Waals surface area contributed by atoms with Crippen molar-refractivity contribution < 1.29 is 14.4 Å². The van der Waals surface area contributed by atoms with E-state index < -0.39 is 0 Å². The maximum Gasteiger partial charge on any atom is 0.326 e. The second-order valence-electron chi connectivity index (χ2n) is 5.49. The zero-order valence-electron chi connectivity index (χ0n) is 12.9. The average Bonchev–Trinajstić information content (AvgIpc) is 2.74. The molecule has 1 heterocycles. The van der Waals surface area contributed by atoms with Gasteiger partial charge in [-0.1, -0.05) is 30.3 Å². The van der Waals surface area contributed by atoms with E-state index in [0.29, 0.717) is 6.42 Å². The van der Waals surface area contributed by atoms with Crippen molar-refractivity contribution in [3.63, 3.8) is 0 Å². The quantitative estimate of drug-likeness (QED) is 0.810. The summed E-state index contributed by atoms with van der Waals surface area (Å²) < 4.78 is 0. The lowest BCUT2D eigenvalue weighted by Gasteiger charge is -2.16. The number of urea groups is 1. The van der Waals surface area contributed by atoms with Crippen LogP contribution >= 0.6 is 0 Å². The van der Waals surface area contributed by atoms with Crippen LogP contribution in [0.3, 0.4) is 0 Å². The highest BCUT2D eigenvalue weighted by Crippen LogP contribution is 2.12. The van der Waals surface area contributed by atoms with Gasteiger partial charge in [-0.05, 0) is 18.9 Å². The van der Waals surface area contributed by atoms with Gasteiger partial charge in [0.15, 0.2) is 0 Å². The third-order valence-corrected chi connectivity index (χ3v) is 3.69. The van der Waals surface area contributed by atoms with Gasteiger partial charge in [0.2, 0.25) is 11.8 Å². The van der Waals surface area contributed by atoms with Crippen LogP contribution in [0, 0.1) is 0 Å². The number of nitrogens with one attached hydrogen (secondary N) is 1. The minimum atomic E-state index is -0.289. The Balaban J connectivity index is 1.74. The number of carbonyl (C=O) groups excluding carboxylic acids is 3. The highest BCUT2D eigenvalue weighted by atomic mass is 16.2. The van der Waals surface area contributed by atoms with Crippen LogP contribution in [0.4, 0.5) is 4.79 Å². The van der Waals surface area contributed by atoms with E-state index in [1.54, 1.807) is 7.05 Å². The second kappa shape index (κ2) is 7.06. The van der Waals surface area contributed by atoms with Gasteiger partial charge < -0.3 is 10.2 Å². The van der Waals surface area contributed by atoms with Gasteiger partial charge in [0, 0.05) is 20.0 Å². The molecule has 1 aliphatic rings. The van der Waals surface area contributed by atoms with Crippen LogP contribution in [0.25, 0.3) is 0 Å². The summed E-state index contributed by atoms with van der Waals surface area (Å²) in [4.78, 5) is 37.8. The van der Waals surface area contributed by atoms with Crippen molar-refractivity contribution in [1.82, 2.24) is 15.1 Å². The Bertz CT molecular complexity index is 559. The predicted octanol–water partition coefficient (Wildman–Crippen LogP) is 1.54. The molecule has 1 fully saturated rings. The Labute approximate surface area is 130 Å². The zero-order chi connectivity index (χ0) is 16.1. The maximum absolute atomic E-state index is 11.9. The summed E-state index contributed by atoms with van der Waals surface area (Å²) in [5.41, 5.74) is 1.04. The predicted molar refractivity (Wildman–Crippen MR) is 82.0 cm³/mol. The standard InChI is InChI=1S/C16H21N3O3/c1-12(13-7-4-3-5-8-13)17-14(20)9-6-10-19-15(21)11-18(2)16(19)22/h3-5,7-8,12H,6,9-11H2,1-2H3,(H,17,20). The lowest BCUT2D eigenvalue weighted by Crippen LogP contribution is -2.33. The minimum Gasteiger partial charge on any atom is -0.350 e. The summed E-state index contributed by atoms with van der Waals surface area (Å²) in [5.74, 6) is -0.283. The summed E-state index contributed by atoms with van der Waals surface area (Å²) in [6, 6.07) is 9.36. The average molecular weight is 303 g/mol. The van der Waals surface area contributed by atoms with Crippen molar-refractivity contribution in [2.45, 2.75) is 25.8 Å². The van der Waals surface area contributed by atoms with Crippen molar-refractivity contribution in [2.24, 2.45) is 0 Å². The Hall–Kier alpha value is -2.37. The first kappa shape index (κ1) is 16.0. The number of imide groups is 1. The van der Waals surface area contributed by atoms with E-state index in [0.717, 1.165) is 5.56 Å². The molecule has 0 aliphatic carbocycles. The van der Waals surface area contributed by atoms with Crippen LogP contribution in [0.2, 0.25) is 0 Å². The number of nitrogens with zero attached hydrogens (tertiary/aromatic N) is 2. The van der Waals surface area contributed by atoms with E-state index >= 15 is 0 Å². The van der Waals surface area contributed by atoms with Gasteiger partial charge in [0.05, 0.1) is 6.04 Å². The van der Waals surface area contributed by atoms with Crippen LogP contribution in [-0.2, 0) is 9.59 Å². The van der Waals surface area contributed by atoms with Gasteiger partial charge in [0.25, 0.3) is 0 Å². The molecule has 1 atom stereocenters. The SMILES string of the molecule is CC(NC(=O)CCCN1C(=O)CN(C)C1=O)c1ccccc1. The van der Waals surface area contributed by atoms with Gasteiger partial charge in [-0.15, -0.1) is 0 Å². The Morgan fingerprint density at radius 3 is 2.55 bits per heavy atom. The molecule has 22 heavy (non-hydrogen) atoms. The molecular formula is C16H21N3O3. The second-order valence-corrected chi connectivity index (χ2v) is 5.49. The lowest BCUT2D eigenvalue weighted by atomic mass is 10.1. The van der Waals surface area contributed by atoms with Crippen molar-refractivity contribution >= 4 is 17.8 Å². The molecule has 6 heteroatoms. The number of likely N-dealkylation sites (N-methyl/N-ethyl adjacent to an activating group) is 1. The van der Waals surface area contributed by atoms with E-state index in [2.05, 4.69) is 5.32 Å². The van der Waals surface area contributed by atoms with E-state index in [9.17, 15) is 14.4 Å². The molecule has 1 aromatic carbocycles. The molecule has 1 N–H and O–H groups in total. The summed E-state index contributed by atoms with van der Waals surface area (Å²) in [6.45, 7) is 2.33. The smallest absolute Gasteiger partial charge is 0.326 e. The Morgan fingerprint density at radius 1 is 1.27 bits per heavy atom. The summed E-state index contributed by atoms with van der Waals surface area (Å²) in [6.07, 6.45) is 0.761. The van der Waals surface area contributed by atoms with Crippen LogP contribution in [0.1, 0.15) is 31.4 Å². The molecule has 118 valence electrons. The molecule has 0 bridgehead atoms.